The minimum atomic E-state index is -0.756. The van der Waals surface area contributed by atoms with E-state index in [1.807, 2.05) is 0 Å². The van der Waals surface area contributed by atoms with E-state index in [0.29, 0.717) is 11.3 Å². The Labute approximate surface area is 119 Å². The highest BCUT2D eigenvalue weighted by atomic mass is 16.5. The van der Waals surface area contributed by atoms with Crippen molar-refractivity contribution < 1.29 is 14.3 Å². The molecule has 0 atom stereocenters. The molecule has 0 fully saturated rings. The van der Waals surface area contributed by atoms with Crippen molar-refractivity contribution in [2.24, 2.45) is 11.1 Å². The number of benzene rings is 1. The maximum absolute atomic E-state index is 12.3. The lowest BCUT2D eigenvalue weighted by Gasteiger charge is -2.36. The van der Waals surface area contributed by atoms with Crippen molar-refractivity contribution in [1.82, 2.24) is 0 Å². The number of rotatable bonds is 4. The van der Waals surface area contributed by atoms with Gasteiger partial charge in [0.1, 0.15) is 0 Å². The molecule has 0 saturated carbocycles. The van der Waals surface area contributed by atoms with E-state index >= 15 is 0 Å². The molecule has 0 saturated heterocycles. The van der Waals surface area contributed by atoms with E-state index in [9.17, 15) is 9.59 Å². The first-order valence-corrected chi connectivity index (χ1v) is 6.38. The van der Waals surface area contributed by atoms with E-state index in [4.69, 9.17) is 5.73 Å². The number of hydrogen-bond acceptors (Lipinski definition) is 4. The molecule has 1 aromatic rings. The Morgan fingerprint density at radius 3 is 2.30 bits per heavy atom. The van der Waals surface area contributed by atoms with Crippen molar-refractivity contribution in [3.63, 3.8) is 0 Å². The van der Waals surface area contributed by atoms with Crippen LogP contribution >= 0.6 is 0 Å². The third-order valence-corrected chi connectivity index (χ3v) is 3.72. The maximum Gasteiger partial charge on any atom is 0.337 e. The fraction of sp³-hybridized carbons (Fsp3) is 0.467. The molecule has 0 aliphatic rings. The first-order valence-electron chi connectivity index (χ1n) is 6.38. The molecule has 0 heterocycles. The van der Waals surface area contributed by atoms with Gasteiger partial charge in [0.2, 0.25) is 5.91 Å². The van der Waals surface area contributed by atoms with Gasteiger partial charge in [0, 0.05) is 11.2 Å². The van der Waals surface area contributed by atoms with Crippen LogP contribution in [0, 0.1) is 5.41 Å². The number of amides is 1. The summed E-state index contributed by atoms with van der Waals surface area (Å²) in [6.45, 7) is 7.17. The number of carbonyl (C=O) groups excluding carboxylic acids is 2. The van der Waals surface area contributed by atoms with Gasteiger partial charge in [-0.1, -0.05) is 6.07 Å². The van der Waals surface area contributed by atoms with Crippen LogP contribution in [-0.4, -0.2) is 24.5 Å². The van der Waals surface area contributed by atoms with Crippen molar-refractivity contribution in [3.8, 4) is 0 Å². The molecule has 0 aliphatic heterocycles. The predicted molar refractivity (Wildman–Crippen MR) is 78.5 cm³/mol. The number of anilines is 1. The van der Waals surface area contributed by atoms with E-state index in [2.05, 4.69) is 10.1 Å². The van der Waals surface area contributed by atoms with Gasteiger partial charge in [-0.15, -0.1) is 0 Å². The minimum Gasteiger partial charge on any atom is -0.465 e. The largest absolute Gasteiger partial charge is 0.465 e. The van der Waals surface area contributed by atoms with E-state index in [-0.39, 0.29) is 5.91 Å². The zero-order valence-corrected chi connectivity index (χ0v) is 12.6. The van der Waals surface area contributed by atoms with Crippen LogP contribution in [-0.2, 0) is 9.53 Å². The summed E-state index contributed by atoms with van der Waals surface area (Å²) < 4.78 is 4.65. The fourth-order valence-electron chi connectivity index (χ4n) is 1.42. The highest BCUT2D eigenvalue weighted by Gasteiger charge is 2.40. The maximum atomic E-state index is 12.3. The van der Waals surface area contributed by atoms with Crippen LogP contribution in [0.3, 0.4) is 0 Å². The van der Waals surface area contributed by atoms with Crippen LogP contribution in [0.25, 0.3) is 0 Å². The van der Waals surface area contributed by atoms with Gasteiger partial charge >= 0.3 is 5.97 Å². The molecule has 0 unspecified atom stereocenters. The summed E-state index contributed by atoms with van der Waals surface area (Å²) in [6, 6.07) is 6.59. The first kappa shape index (κ1) is 16.2. The number of esters is 1. The van der Waals surface area contributed by atoms with Gasteiger partial charge < -0.3 is 15.8 Å². The summed E-state index contributed by atoms with van der Waals surface area (Å²) in [7, 11) is 1.31. The first-order chi connectivity index (χ1) is 9.09. The molecule has 3 N–H and O–H groups in total. The summed E-state index contributed by atoms with van der Waals surface area (Å²) in [5.74, 6) is -0.647. The normalized spacial score (nSPS) is 11.9. The fourth-order valence-corrected chi connectivity index (χ4v) is 1.42. The second-order valence-electron chi connectivity index (χ2n) is 5.87. The van der Waals surface area contributed by atoms with Crippen LogP contribution in [0.4, 0.5) is 5.69 Å². The lowest BCUT2D eigenvalue weighted by molar-refractivity contribution is -0.126. The van der Waals surface area contributed by atoms with E-state index in [0.717, 1.165) is 0 Å². The molecular formula is C15H22N2O3. The minimum absolute atomic E-state index is 0.202. The third kappa shape index (κ3) is 3.36. The highest BCUT2D eigenvalue weighted by Crippen LogP contribution is 2.29. The zero-order chi connectivity index (χ0) is 15.6. The Bertz CT molecular complexity index is 516. The van der Waals surface area contributed by atoms with Gasteiger partial charge in [-0.05, 0) is 45.9 Å². The monoisotopic (exact) mass is 278 g/mol. The topological polar surface area (TPSA) is 81.4 Å². The SMILES string of the molecule is COC(=O)c1cccc(NC(=O)C(C)(C)C(C)(C)N)c1. The Morgan fingerprint density at radius 1 is 1.20 bits per heavy atom. The van der Waals surface area contributed by atoms with Gasteiger partial charge in [0.05, 0.1) is 18.1 Å². The molecule has 5 nitrogen and oxygen atoms in total. The van der Waals surface area contributed by atoms with Crippen LogP contribution in [0.1, 0.15) is 38.1 Å². The molecule has 110 valence electrons. The second-order valence-corrected chi connectivity index (χ2v) is 5.87. The molecule has 0 spiro atoms. The molecule has 1 aromatic carbocycles. The van der Waals surface area contributed by atoms with Crippen molar-refractivity contribution in [3.05, 3.63) is 29.8 Å². The summed E-state index contributed by atoms with van der Waals surface area (Å²) in [4.78, 5) is 23.8. The molecule has 5 heteroatoms. The highest BCUT2D eigenvalue weighted by molar-refractivity contribution is 5.97. The van der Waals surface area contributed by atoms with E-state index in [1.54, 1.807) is 52.0 Å². The number of ether oxygens (including phenoxy) is 1. The van der Waals surface area contributed by atoms with Gasteiger partial charge in [-0.3, -0.25) is 4.79 Å². The summed E-state index contributed by atoms with van der Waals surface area (Å²) in [5.41, 5.74) is 5.53. The van der Waals surface area contributed by atoms with Crippen molar-refractivity contribution in [2.45, 2.75) is 33.2 Å². The lowest BCUT2D eigenvalue weighted by Crippen LogP contribution is -2.53. The quantitative estimate of drug-likeness (QED) is 0.827. The zero-order valence-electron chi connectivity index (χ0n) is 12.6. The average molecular weight is 278 g/mol. The number of nitrogens with one attached hydrogen (secondary N) is 1. The molecule has 0 radical (unpaired) electrons. The standard InChI is InChI=1S/C15H22N2O3/c1-14(2,15(3,4)16)13(19)17-11-8-6-7-10(9-11)12(18)20-5/h6-9H,16H2,1-5H3,(H,17,19). The lowest BCUT2D eigenvalue weighted by atomic mass is 9.74. The second kappa shape index (κ2) is 5.63. The predicted octanol–water partition coefficient (Wildman–Crippen LogP) is 2.18. The molecule has 1 rings (SSSR count). The molecule has 20 heavy (non-hydrogen) atoms. The van der Waals surface area contributed by atoms with Gasteiger partial charge in [0.15, 0.2) is 0 Å². The number of carbonyl (C=O) groups is 2. The van der Waals surface area contributed by atoms with Crippen LogP contribution in [0.2, 0.25) is 0 Å². The molecular weight excluding hydrogens is 256 g/mol. The Morgan fingerprint density at radius 2 is 1.80 bits per heavy atom. The Hall–Kier alpha value is -1.88. The van der Waals surface area contributed by atoms with Crippen molar-refractivity contribution in [2.75, 3.05) is 12.4 Å². The van der Waals surface area contributed by atoms with Crippen LogP contribution in [0.5, 0.6) is 0 Å². The van der Waals surface area contributed by atoms with Gasteiger partial charge in [-0.2, -0.15) is 0 Å². The number of nitrogens with two attached hydrogens (primary N) is 1. The Balaban J connectivity index is 2.95. The third-order valence-electron chi connectivity index (χ3n) is 3.72. The molecule has 0 bridgehead atoms. The van der Waals surface area contributed by atoms with E-state index in [1.165, 1.54) is 7.11 Å². The summed E-state index contributed by atoms with van der Waals surface area (Å²) in [6.07, 6.45) is 0. The summed E-state index contributed by atoms with van der Waals surface area (Å²) >= 11 is 0. The molecule has 1 amide bonds. The van der Waals surface area contributed by atoms with Crippen LogP contribution in [0.15, 0.2) is 24.3 Å². The van der Waals surface area contributed by atoms with Crippen molar-refractivity contribution in [1.29, 1.82) is 0 Å². The molecule has 0 aliphatic carbocycles. The number of hydrogen-bond donors (Lipinski definition) is 2. The van der Waals surface area contributed by atoms with Crippen molar-refractivity contribution >= 4 is 17.6 Å². The number of methoxy groups -OCH3 is 1. The van der Waals surface area contributed by atoms with E-state index < -0.39 is 16.9 Å². The average Bonchev–Trinajstić information content (AvgIpc) is 2.36. The van der Waals surface area contributed by atoms with Crippen LogP contribution < -0.4 is 11.1 Å². The molecule has 0 aromatic heterocycles. The Kier molecular flexibility index (Phi) is 4.55. The van der Waals surface area contributed by atoms with Gasteiger partial charge in [0.25, 0.3) is 0 Å². The van der Waals surface area contributed by atoms with Gasteiger partial charge in [-0.25, -0.2) is 4.79 Å². The summed E-state index contributed by atoms with van der Waals surface area (Å²) in [5, 5.41) is 2.78. The smallest absolute Gasteiger partial charge is 0.337 e.